The minimum absolute atomic E-state index is 0.0384. The monoisotopic (exact) mass is 314 g/mol. The first kappa shape index (κ1) is 14.2. The van der Waals surface area contributed by atoms with Gasteiger partial charge in [0.15, 0.2) is 5.43 Å². The van der Waals surface area contributed by atoms with E-state index in [9.17, 15) is 9.59 Å². The standard InChI is InChI=1S/C15H11ClN4O2/c16-10-2-3-12-11(8-10)13(21)4-7-20(12)9-14(22)19-15-17-5-1-6-18-15/h1-8H,9H2,(H,17,18,19,22). The minimum atomic E-state index is -0.286. The van der Waals surface area contributed by atoms with E-state index < -0.39 is 0 Å². The van der Waals surface area contributed by atoms with Crippen molar-refractivity contribution >= 4 is 34.4 Å². The zero-order chi connectivity index (χ0) is 15.5. The summed E-state index contributed by atoms with van der Waals surface area (Å²) in [5.74, 6) is -0.0491. The van der Waals surface area contributed by atoms with Crippen LogP contribution in [0.5, 0.6) is 0 Å². The number of carbonyl (C=O) groups is 1. The van der Waals surface area contributed by atoms with Crippen LogP contribution in [0.3, 0.4) is 0 Å². The number of anilines is 1. The maximum atomic E-state index is 12.1. The third-order valence-electron chi connectivity index (χ3n) is 3.07. The number of benzene rings is 1. The third kappa shape index (κ3) is 2.96. The van der Waals surface area contributed by atoms with Crippen LogP contribution in [0, 0.1) is 0 Å². The molecule has 22 heavy (non-hydrogen) atoms. The highest BCUT2D eigenvalue weighted by Crippen LogP contribution is 2.16. The van der Waals surface area contributed by atoms with Crippen molar-refractivity contribution < 1.29 is 4.79 Å². The summed E-state index contributed by atoms with van der Waals surface area (Å²) in [5.41, 5.74) is 0.501. The lowest BCUT2D eigenvalue weighted by molar-refractivity contribution is -0.116. The first-order valence-electron chi connectivity index (χ1n) is 6.49. The van der Waals surface area contributed by atoms with Gasteiger partial charge in [-0.25, -0.2) is 9.97 Å². The molecule has 0 saturated carbocycles. The molecule has 1 N–H and O–H groups in total. The third-order valence-corrected chi connectivity index (χ3v) is 3.31. The van der Waals surface area contributed by atoms with E-state index in [1.165, 1.54) is 6.07 Å². The molecule has 0 spiro atoms. The number of fused-ring (bicyclic) bond motifs is 1. The highest BCUT2D eigenvalue weighted by molar-refractivity contribution is 6.31. The van der Waals surface area contributed by atoms with Gasteiger partial charge in [0.25, 0.3) is 0 Å². The van der Waals surface area contributed by atoms with Crippen molar-refractivity contribution in [1.82, 2.24) is 14.5 Å². The Bertz CT molecular complexity index is 893. The molecular weight excluding hydrogens is 304 g/mol. The number of nitrogens with one attached hydrogen (secondary N) is 1. The first-order chi connectivity index (χ1) is 10.6. The Morgan fingerprint density at radius 1 is 1.23 bits per heavy atom. The van der Waals surface area contributed by atoms with Crippen molar-refractivity contribution in [1.29, 1.82) is 0 Å². The van der Waals surface area contributed by atoms with E-state index in [-0.39, 0.29) is 23.8 Å². The van der Waals surface area contributed by atoms with Crippen LogP contribution in [-0.4, -0.2) is 20.4 Å². The van der Waals surface area contributed by atoms with E-state index in [2.05, 4.69) is 15.3 Å². The van der Waals surface area contributed by atoms with E-state index in [0.29, 0.717) is 15.9 Å². The number of nitrogens with zero attached hydrogens (tertiary/aromatic N) is 3. The van der Waals surface area contributed by atoms with Crippen LogP contribution in [0.4, 0.5) is 5.95 Å². The fourth-order valence-corrected chi connectivity index (χ4v) is 2.28. The number of carbonyl (C=O) groups excluding carboxylic acids is 1. The second kappa shape index (κ2) is 5.95. The zero-order valence-electron chi connectivity index (χ0n) is 11.4. The molecule has 2 aromatic heterocycles. The maximum Gasteiger partial charge on any atom is 0.246 e. The normalized spacial score (nSPS) is 10.6. The van der Waals surface area contributed by atoms with Crippen LogP contribution in [0.2, 0.25) is 5.02 Å². The molecule has 0 unspecified atom stereocenters. The molecule has 0 saturated heterocycles. The molecule has 3 aromatic rings. The first-order valence-corrected chi connectivity index (χ1v) is 6.87. The lowest BCUT2D eigenvalue weighted by Crippen LogP contribution is -2.21. The van der Waals surface area contributed by atoms with Gasteiger partial charge in [-0.1, -0.05) is 11.6 Å². The van der Waals surface area contributed by atoms with E-state index in [1.54, 1.807) is 47.4 Å². The van der Waals surface area contributed by atoms with Gasteiger partial charge in [-0.2, -0.15) is 0 Å². The predicted octanol–water partition coefficient (Wildman–Crippen LogP) is 2.08. The number of aromatic nitrogens is 3. The highest BCUT2D eigenvalue weighted by Gasteiger charge is 2.08. The Kier molecular flexibility index (Phi) is 3.84. The Morgan fingerprint density at radius 3 is 2.77 bits per heavy atom. The van der Waals surface area contributed by atoms with Crippen molar-refractivity contribution in [3.63, 3.8) is 0 Å². The quantitative estimate of drug-likeness (QED) is 0.803. The molecule has 0 fully saturated rings. The molecule has 0 aliphatic carbocycles. The van der Waals surface area contributed by atoms with Crippen molar-refractivity contribution in [2.24, 2.45) is 0 Å². The molecule has 3 rings (SSSR count). The zero-order valence-corrected chi connectivity index (χ0v) is 12.1. The SMILES string of the molecule is O=C(Cn1ccc(=O)c2cc(Cl)ccc21)Nc1ncccn1. The molecule has 1 amide bonds. The molecule has 2 heterocycles. The van der Waals surface area contributed by atoms with Gasteiger partial charge in [-0.15, -0.1) is 0 Å². The van der Waals surface area contributed by atoms with Crippen LogP contribution in [0.15, 0.2) is 53.7 Å². The Labute approximate surface area is 130 Å². The van der Waals surface area contributed by atoms with Crippen molar-refractivity contribution in [2.45, 2.75) is 6.54 Å². The maximum absolute atomic E-state index is 12.1. The molecule has 0 aliphatic heterocycles. The van der Waals surface area contributed by atoms with Crippen LogP contribution < -0.4 is 10.7 Å². The van der Waals surface area contributed by atoms with Gasteiger partial charge in [0.2, 0.25) is 11.9 Å². The lowest BCUT2D eigenvalue weighted by atomic mass is 10.2. The van der Waals surface area contributed by atoms with E-state index in [4.69, 9.17) is 11.6 Å². The fourth-order valence-electron chi connectivity index (χ4n) is 2.10. The summed E-state index contributed by atoms with van der Waals surface area (Å²) < 4.78 is 1.67. The Morgan fingerprint density at radius 2 is 2.00 bits per heavy atom. The summed E-state index contributed by atoms with van der Waals surface area (Å²) >= 11 is 5.91. The van der Waals surface area contributed by atoms with Gasteiger partial charge in [0.1, 0.15) is 6.54 Å². The number of halogens is 1. The highest BCUT2D eigenvalue weighted by atomic mass is 35.5. The summed E-state index contributed by atoms with van der Waals surface area (Å²) in [6.07, 6.45) is 4.66. The van der Waals surface area contributed by atoms with Crippen molar-refractivity contribution in [2.75, 3.05) is 5.32 Å². The predicted molar refractivity (Wildman–Crippen MR) is 83.9 cm³/mol. The molecule has 1 aromatic carbocycles. The van der Waals surface area contributed by atoms with Crippen LogP contribution in [0.1, 0.15) is 0 Å². The molecular formula is C15H11ClN4O2. The summed E-state index contributed by atoms with van der Waals surface area (Å²) in [4.78, 5) is 31.8. The second-order valence-electron chi connectivity index (χ2n) is 4.59. The molecule has 0 bridgehead atoms. The van der Waals surface area contributed by atoms with E-state index in [0.717, 1.165) is 0 Å². The van der Waals surface area contributed by atoms with Gasteiger partial charge in [0.05, 0.1) is 5.52 Å². The number of rotatable bonds is 3. The summed E-state index contributed by atoms with van der Waals surface area (Å²) in [7, 11) is 0. The van der Waals surface area contributed by atoms with Gasteiger partial charge in [0, 0.05) is 35.1 Å². The fraction of sp³-hybridized carbons (Fsp3) is 0.0667. The Hall–Kier alpha value is -2.73. The lowest BCUT2D eigenvalue weighted by Gasteiger charge is -2.10. The van der Waals surface area contributed by atoms with Crippen molar-refractivity contribution in [3.8, 4) is 0 Å². The van der Waals surface area contributed by atoms with Gasteiger partial charge < -0.3 is 4.57 Å². The second-order valence-corrected chi connectivity index (χ2v) is 5.03. The summed E-state index contributed by atoms with van der Waals surface area (Å²) in [5, 5.41) is 3.54. The summed E-state index contributed by atoms with van der Waals surface area (Å²) in [6.45, 7) is 0.0384. The molecule has 0 atom stereocenters. The van der Waals surface area contributed by atoms with Crippen LogP contribution >= 0.6 is 11.6 Å². The number of pyridine rings is 1. The number of hydrogen-bond donors (Lipinski definition) is 1. The van der Waals surface area contributed by atoms with Gasteiger partial charge in [-0.3, -0.25) is 14.9 Å². The van der Waals surface area contributed by atoms with Crippen LogP contribution in [-0.2, 0) is 11.3 Å². The number of amides is 1. The van der Waals surface area contributed by atoms with Gasteiger partial charge >= 0.3 is 0 Å². The smallest absolute Gasteiger partial charge is 0.246 e. The average Bonchev–Trinajstić information content (AvgIpc) is 2.51. The number of hydrogen-bond acceptors (Lipinski definition) is 4. The molecule has 0 radical (unpaired) electrons. The molecule has 110 valence electrons. The van der Waals surface area contributed by atoms with Gasteiger partial charge in [-0.05, 0) is 24.3 Å². The van der Waals surface area contributed by atoms with Crippen molar-refractivity contribution in [3.05, 3.63) is 64.2 Å². The average molecular weight is 315 g/mol. The minimum Gasteiger partial charge on any atom is -0.338 e. The van der Waals surface area contributed by atoms with Crippen LogP contribution in [0.25, 0.3) is 10.9 Å². The molecule has 7 heteroatoms. The largest absolute Gasteiger partial charge is 0.338 e. The molecule has 0 aliphatic rings. The topological polar surface area (TPSA) is 76.9 Å². The van der Waals surface area contributed by atoms with E-state index in [1.807, 2.05) is 0 Å². The summed E-state index contributed by atoms with van der Waals surface area (Å²) in [6, 6.07) is 8.05. The Balaban J connectivity index is 1.89. The molecule has 6 nitrogen and oxygen atoms in total. The van der Waals surface area contributed by atoms with E-state index >= 15 is 0 Å².